The van der Waals surface area contributed by atoms with Gasteiger partial charge < -0.3 is 9.84 Å². The molecule has 1 heterocycles. The quantitative estimate of drug-likeness (QED) is 0.674. The molecule has 5 nitrogen and oxygen atoms in total. The molecule has 0 radical (unpaired) electrons. The van der Waals surface area contributed by atoms with Crippen LogP contribution in [-0.2, 0) is 13.0 Å². The van der Waals surface area contributed by atoms with Crippen LogP contribution in [0.2, 0.25) is 0 Å². The second-order valence-corrected chi connectivity index (χ2v) is 5.78. The lowest BCUT2D eigenvalue weighted by Gasteiger charge is -2.15. The lowest BCUT2D eigenvalue weighted by Crippen LogP contribution is -2.30. The van der Waals surface area contributed by atoms with Crippen LogP contribution in [0.3, 0.4) is 0 Å². The average molecular weight is 336 g/mol. The Bertz CT molecular complexity index is 933. The van der Waals surface area contributed by atoms with Gasteiger partial charge in [-0.15, -0.1) is 6.58 Å². The number of para-hydroxylation sites is 2. The number of ether oxygens (including phenoxy) is 1. The summed E-state index contributed by atoms with van der Waals surface area (Å²) in [5.41, 5.74) is 1.48. The highest BCUT2D eigenvalue weighted by atomic mass is 16.5. The van der Waals surface area contributed by atoms with Gasteiger partial charge in [0.2, 0.25) is 0 Å². The first kappa shape index (κ1) is 16.9. The fourth-order valence-electron chi connectivity index (χ4n) is 2.67. The predicted molar refractivity (Wildman–Crippen MR) is 97.8 cm³/mol. The van der Waals surface area contributed by atoms with Gasteiger partial charge in [0.15, 0.2) is 0 Å². The summed E-state index contributed by atoms with van der Waals surface area (Å²) >= 11 is 0. The van der Waals surface area contributed by atoms with Crippen molar-refractivity contribution < 1.29 is 9.84 Å². The molecule has 3 rings (SSSR count). The molecule has 25 heavy (non-hydrogen) atoms. The standard InChI is InChI=1S/C20H20N2O3/c1-2-7-15-8-3-6-11-19(15)25-13-16(23)12-22-14-21-18-10-5-4-9-17(18)20(22)24/h2-6,8-11,14,16,23H,1,7,12-13H2/t16-/m1/s1. The molecule has 0 amide bonds. The number of aromatic nitrogens is 2. The maximum atomic E-state index is 12.4. The smallest absolute Gasteiger partial charge is 0.261 e. The number of aliphatic hydroxyl groups excluding tert-OH is 1. The first-order valence-corrected chi connectivity index (χ1v) is 8.13. The molecule has 0 fully saturated rings. The Morgan fingerprint density at radius 1 is 1.20 bits per heavy atom. The number of fused-ring (bicyclic) bond motifs is 1. The van der Waals surface area contributed by atoms with E-state index in [1.807, 2.05) is 30.3 Å². The maximum absolute atomic E-state index is 12.4. The van der Waals surface area contributed by atoms with Crippen molar-refractivity contribution in [3.63, 3.8) is 0 Å². The molecule has 0 unspecified atom stereocenters. The summed E-state index contributed by atoms with van der Waals surface area (Å²) in [6.45, 7) is 3.95. The molecule has 5 heteroatoms. The van der Waals surface area contributed by atoms with Crippen LogP contribution in [0.1, 0.15) is 5.56 Å². The molecule has 0 saturated heterocycles. The minimum Gasteiger partial charge on any atom is -0.491 e. The van der Waals surface area contributed by atoms with Crippen molar-refractivity contribution in [2.24, 2.45) is 0 Å². The van der Waals surface area contributed by atoms with Crippen LogP contribution in [0.15, 0.2) is 72.3 Å². The number of hydrogen-bond acceptors (Lipinski definition) is 4. The number of aliphatic hydroxyl groups is 1. The summed E-state index contributed by atoms with van der Waals surface area (Å²) in [7, 11) is 0. The molecule has 1 N–H and O–H groups in total. The van der Waals surface area contributed by atoms with E-state index in [1.54, 1.807) is 24.3 Å². The third kappa shape index (κ3) is 3.95. The zero-order valence-electron chi connectivity index (χ0n) is 13.8. The van der Waals surface area contributed by atoms with E-state index in [4.69, 9.17) is 4.74 Å². The van der Waals surface area contributed by atoms with Gasteiger partial charge in [-0.3, -0.25) is 9.36 Å². The highest BCUT2D eigenvalue weighted by Gasteiger charge is 2.11. The van der Waals surface area contributed by atoms with E-state index in [1.165, 1.54) is 10.9 Å². The van der Waals surface area contributed by atoms with Crippen molar-refractivity contribution in [2.75, 3.05) is 6.61 Å². The van der Waals surface area contributed by atoms with Crippen molar-refractivity contribution in [1.82, 2.24) is 9.55 Å². The van der Waals surface area contributed by atoms with Gasteiger partial charge in [-0.2, -0.15) is 0 Å². The molecule has 1 atom stereocenters. The van der Waals surface area contributed by atoms with Crippen LogP contribution >= 0.6 is 0 Å². The Balaban J connectivity index is 1.69. The number of hydrogen-bond donors (Lipinski definition) is 1. The average Bonchev–Trinajstić information content (AvgIpc) is 2.64. The topological polar surface area (TPSA) is 64.3 Å². The van der Waals surface area contributed by atoms with Gasteiger partial charge in [-0.25, -0.2) is 4.98 Å². The lowest BCUT2D eigenvalue weighted by atomic mass is 10.1. The molecular weight excluding hydrogens is 316 g/mol. The minimum atomic E-state index is -0.822. The van der Waals surface area contributed by atoms with Gasteiger partial charge in [0.25, 0.3) is 5.56 Å². The summed E-state index contributed by atoms with van der Waals surface area (Å²) in [5.74, 6) is 0.713. The molecule has 0 bridgehead atoms. The maximum Gasteiger partial charge on any atom is 0.261 e. The van der Waals surface area contributed by atoms with Gasteiger partial charge in [0.1, 0.15) is 18.5 Å². The molecule has 0 aliphatic carbocycles. The molecule has 3 aromatic rings. The Labute approximate surface area is 145 Å². The molecular formula is C20H20N2O3. The first-order valence-electron chi connectivity index (χ1n) is 8.13. The summed E-state index contributed by atoms with van der Waals surface area (Å²) in [6, 6.07) is 14.8. The monoisotopic (exact) mass is 336 g/mol. The van der Waals surface area contributed by atoms with E-state index < -0.39 is 6.10 Å². The van der Waals surface area contributed by atoms with E-state index in [0.717, 1.165) is 5.56 Å². The summed E-state index contributed by atoms with van der Waals surface area (Å²) in [6.07, 6.45) is 3.14. The molecule has 0 aliphatic heterocycles. The van der Waals surface area contributed by atoms with E-state index in [0.29, 0.717) is 23.1 Å². The molecule has 128 valence electrons. The number of nitrogens with zero attached hydrogens (tertiary/aromatic N) is 2. The molecule has 1 aromatic heterocycles. The molecule has 0 spiro atoms. The van der Waals surface area contributed by atoms with Crippen LogP contribution in [0.25, 0.3) is 10.9 Å². The third-order valence-corrected chi connectivity index (χ3v) is 3.91. The van der Waals surface area contributed by atoms with Crippen molar-refractivity contribution in [2.45, 2.75) is 19.1 Å². The Morgan fingerprint density at radius 2 is 1.96 bits per heavy atom. The molecule has 0 saturated carbocycles. The summed E-state index contributed by atoms with van der Waals surface area (Å²) in [5, 5.41) is 10.8. The first-order chi connectivity index (χ1) is 12.2. The van der Waals surface area contributed by atoms with Crippen LogP contribution in [0.4, 0.5) is 0 Å². The van der Waals surface area contributed by atoms with Gasteiger partial charge >= 0.3 is 0 Å². The van der Waals surface area contributed by atoms with E-state index in [2.05, 4.69) is 11.6 Å². The second kappa shape index (κ2) is 7.77. The van der Waals surface area contributed by atoms with E-state index in [9.17, 15) is 9.90 Å². The van der Waals surface area contributed by atoms with E-state index >= 15 is 0 Å². The van der Waals surface area contributed by atoms with Crippen LogP contribution < -0.4 is 10.3 Å². The fourth-order valence-corrected chi connectivity index (χ4v) is 2.67. The van der Waals surface area contributed by atoms with Crippen molar-refractivity contribution in [1.29, 1.82) is 0 Å². The van der Waals surface area contributed by atoms with Gasteiger partial charge in [0, 0.05) is 0 Å². The third-order valence-electron chi connectivity index (χ3n) is 3.91. The van der Waals surface area contributed by atoms with Gasteiger partial charge in [-0.05, 0) is 30.2 Å². The van der Waals surface area contributed by atoms with Crippen molar-refractivity contribution in [3.8, 4) is 5.75 Å². The number of rotatable bonds is 7. The SMILES string of the molecule is C=CCc1ccccc1OC[C@H](O)Cn1cnc2ccccc2c1=O. The minimum absolute atomic E-state index is 0.0907. The van der Waals surface area contributed by atoms with Gasteiger partial charge in [0.05, 0.1) is 23.8 Å². The summed E-state index contributed by atoms with van der Waals surface area (Å²) in [4.78, 5) is 16.7. The fraction of sp³-hybridized carbons (Fsp3) is 0.200. The zero-order valence-corrected chi connectivity index (χ0v) is 13.8. The molecule has 0 aliphatic rings. The Morgan fingerprint density at radius 3 is 2.80 bits per heavy atom. The number of allylic oxidation sites excluding steroid dienone is 1. The highest BCUT2D eigenvalue weighted by molar-refractivity contribution is 5.76. The van der Waals surface area contributed by atoms with Crippen LogP contribution in [0, 0.1) is 0 Å². The normalized spacial score (nSPS) is 12.0. The Kier molecular flexibility index (Phi) is 5.26. The zero-order chi connectivity index (χ0) is 17.6. The summed E-state index contributed by atoms with van der Waals surface area (Å²) < 4.78 is 7.13. The number of benzene rings is 2. The predicted octanol–water partition coefficient (Wildman–Crippen LogP) is 2.56. The van der Waals surface area contributed by atoms with Crippen LogP contribution in [0.5, 0.6) is 5.75 Å². The highest BCUT2D eigenvalue weighted by Crippen LogP contribution is 2.19. The van der Waals surface area contributed by atoms with Crippen LogP contribution in [-0.4, -0.2) is 27.4 Å². The largest absolute Gasteiger partial charge is 0.491 e. The lowest BCUT2D eigenvalue weighted by molar-refractivity contribution is 0.0911. The molecule has 2 aromatic carbocycles. The second-order valence-electron chi connectivity index (χ2n) is 5.78. The van der Waals surface area contributed by atoms with E-state index in [-0.39, 0.29) is 18.7 Å². The van der Waals surface area contributed by atoms with Gasteiger partial charge in [-0.1, -0.05) is 36.4 Å². The van der Waals surface area contributed by atoms with Crippen molar-refractivity contribution in [3.05, 3.63) is 83.4 Å². The Hall–Kier alpha value is -2.92. The van der Waals surface area contributed by atoms with Crippen molar-refractivity contribution >= 4 is 10.9 Å².